The summed E-state index contributed by atoms with van der Waals surface area (Å²) < 4.78 is 28.9. The summed E-state index contributed by atoms with van der Waals surface area (Å²) in [6, 6.07) is 13.3. The van der Waals surface area contributed by atoms with Crippen LogP contribution in [0, 0.1) is 0 Å². The summed E-state index contributed by atoms with van der Waals surface area (Å²) in [4.78, 5) is 27.0. The van der Waals surface area contributed by atoms with E-state index in [9.17, 15) is 18.0 Å². The van der Waals surface area contributed by atoms with Crippen molar-refractivity contribution in [3.8, 4) is 0 Å². The number of carbonyl (C=O) groups is 2. The summed E-state index contributed by atoms with van der Waals surface area (Å²) >= 11 is 0. The molecule has 8 heteroatoms. The van der Waals surface area contributed by atoms with Crippen LogP contribution in [0.1, 0.15) is 36.5 Å². The number of benzene rings is 2. The predicted octanol–water partition coefficient (Wildman–Crippen LogP) is 3.26. The van der Waals surface area contributed by atoms with E-state index in [1.54, 1.807) is 6.07 Å². The van der Waals surface area contributed by atoms with Crippen molar-refractivity contribution in [1.29, 1.82) is 0 Å². The number of hydrogen-bond donors (Lipinski definition) is 1. The zero-order valence-electron chi connectivity index (χ0n) is 17.1. The Bertz CT molecular complexity index is 1010. The van der Waals surface area contributed by atoms with Crippen molar-refractivity contribution in [2.45, 2.75) is 37.2 Å². The van der Waals surface area contributed by atoms with E-state index < -0.39 is 27.8 Å². The van der Waals surface area contributed by atoms with Gasteiger partial charge >= 0.3 is 5.97 Å². The Morgan fingerprint density at radius 1 is 1.00 bits per heavy atom. The largest absolute Gasteiger partial charge is 0.449 e. The topological polar surface area (TPSA) is 92.8 Å². The van der Waals surface area contributed by atoms with Crippen molar-refractivity contribution in [3.05, 3.63) is 54.1 Å². The van der Waals surface area contributed by atoms with Gasteiger partial charge in [-0.05, 0) is 62.6 Å². The van der Waals surface area contributed by atoms with E-state index in [0.717, 1.165) is 25.0 Å². The van der Waals surface area contributed by atoms with Gasteiger partial charge in [0.25, 0.3) is 5.91 Å². The number of ether oxygens (including phenoxy) is 1. The molecule has 0 saturated carbocycles. The van der Waals surface area contributed by atoms with Gasteiger partial charge in [0.15, 0.2) is 15.9 Å². The fourth-order valence-electron chi connectivity index (χ4n) is 3.39. The maximum atomic E-state index is 12.4. The van der Waals surface area contributed by atoms with Gasteiger partial charge in [-0.2, -0.15) is 0 Å². The Labute approximate surface area is 177 Å². The van der Waals surface area contributed by atoms with Gasteiger partial charge in [-0.15, -0.1) is 0 Å². The fraction of sp³-hybridized carbons (Fsp3) is 0.364. The Morgan fingerprint density at radius 3 is 2.27 bits per heavy atom. The molecule has 2 aromatic carbocycles. The molecule has 1 amide bonds. The Kier molecular flexibility index (Phi) is 6.77. The molecule has 3 rings (SSSR count). The molecule has 0 bridgehead atoms. The standard InChI is InChI=1S/C22H26N2O5S/c1-16(29-22(26)19-8-4-5-9-20(19)30(2,27)28)21(25)23-17-10-12-18(13-11-17)24-14-6-3-7-15-24/h4-5,8-13,16H,3,6-7,14-15H2,1-2H3,(H,23,25). The monoisotopic (exact) mass is 430 g/mol. The molecule has 1 fully saturated rings. The quantitative estimate of drug-likeness (QED) is 0.707. The van der Waals surface area contributed by atoms with Crippen LogP contribution in [0.15, 0.2) is 53.4 Å². The molecule has 0 radical (unpaired) electrons. The molecule has 1 atom stereocenters. The molecule has 1 heterocycles. The highest BCUT2D eigenvalue weighted by atomic mass is 32.2. The maximum Gasteiger partial charge on any atom is 0.340 e. The first-order chi connectivity index (χ1) is 14.3. The van der Waals surface area contributed by atoms with Gasteiger partial charge < -0.3 is 15.0 Å². The number of rotatable bonds is 6. The predicted molar refractivity (Wildman–Crippen MR) is 116 cm³/mol. The second-order valence-electron chi connectivity index (χ2n) is 7.40. The van der Waals surface area contributed by atoms with Crippen molar-refractivity contribution >= 4 is 33.1 Å². The van der Waals surface area contributed by atoms with Crippen molar-refractivity contribution in [3.63, 3.8) is 0 Å². The third kappa shape index (κ3) is 5.38. The third-order valence-corrected chi connectivity index (χ3v) is 6.17. The molecule has 0 spiro atoms. The molecule has 1 aliphatic rings. The lowest BCUT2D eigenvalue weighted by molar-refractivity contribution is -0.123. The number of hydrogen-bond acceptors (Lipinski definition) is 6. The van der Waals surface area contributed by atoms with Gasteiger partial charge in [0, 0.05) is 30.7 Å². The molecule has 0 aromatic heterocycles. The smallest absolute Gasteiger partial charge is 0.340 e. The highest BCUT2D eigenvalue weighted by molar-refractivity contribution is 7.90. The van der Waals surface area contributed by atoms with Crippen molar-refractivity contribution < 1.29 is 22.7 Å². The average Bonchev–Trinajstić information content (AvgIpc) is 2.74. The molecular weight excluding hydrogens is 404 g/mol. The van der Waals surface area contributed by atoms with Crippen molar-refractivity contribution in [1.82, 2.24) is 0 Å². The lowest BCUT2D eigenvalue weighted by atomic mass is 10.1. The number of amides is 1. The minimum Gasteiger partial charge on any atom is -0.449 e. The second-order valence-corrected chi connectivity index (χ2v) is 9.38. The molecule has 160 valence electrons. The van der Waals surface area contributed by atoms with Gasteiger partial charge in [-0.3, -0.25) is 4.79 Å². The maximum absolute atomic E-state index is 12.4. The lowest BCUT2D eigenvalue weighted by Crippen LogP contribution is -2.30. The van der Waals surface area contributed by atoms with Crippen LogP contribution in [0.4, 0.5) is 11.4 Å². The number of carbonyl (C=O) groups excluding carboxylic acids is 2. The summed E-state index contributed by atoms with van der Waals surface area (Å²) in [5.74, 6) is -1.36. The minimum atomic E-state index is -3.60. The molecule has 0 aliphatic carbocycles. The minimum absolute atomic E-state index is 0.0921. The first-order valence-corrected chi connectivity index (χ1v) is 11.8. The normalized spacial score (nSPS) is 15.3. The summed E-state index contributed by atoms with van der Waals surface area (Å²) in [7, 11) is -3.60. The number of piperidine rings is 1. The molecule has 1 unspecified atom stereocenters. The lowest BCUT2D eigenvalue weighted by Gasteiger charge is -2.28. The molecular formula is C22H26N2O5S. The number of nitrogens with zero attached hydrogens (tertiary/aromatic N) is 1. The number of esters is 1. The van der Waals surface area contributed by atoms with Crippen LogP contribution < -0.4 is 10.2 Å². The zero-order chi connectivity index (χ0) is 21.7. The zero-order valence-corrected chi connectivity index (χ0v) is 17.9. The van der Waals surface area contributed by atoms with E-state index in [1.807, 2.05) is 24.3 Å². The van der Waals surface area contributed by atoms with Crippen LogP contribution in [-0.4, -0.2) is 45.7 Å². The highest BCUT2D eigenvalue weighted by Gasteiger charge is 2.24. The first kappa shape index (κ1) is 21.8. The van der Waals surface area contributed by atoms with E-state index >= 15 is 0 Å². The summed E-state index contributed by atoms with van der Waals surface area (Å²) in [6.07, 6.45) is 3.55. The number of nitrogens with one attached hydrogen (secondary N) is 1. The van der Waals surface area contributed by atoms with Crippen LogP contribution in [0.5, 0.6) is 0 Å². The SMILES string of the molecule is CC(OC(=O)c1ccccc1S(C)(=O)=O)C(=O)Nc1ccc(N2CCCCC2)cc1. The van der Waals surface area contributed by atoms with E-state index in [-0.39, 0.29) is 10.5 Å². The van der Waals surface area contributed by atoms with Crippen molar-refractivity contribution in [2.24, 2.45) is 0 Å². The summed E-state index contributed by atoms with van der Waals surface area (Å²) in [5.41, 5.74) is 1.62. The van der Waals surface area contributed by atoms with Crippen LogP contribution in [-0.2, 0) is 19.4 Å². The highest BCUT2D eigenvalue weighted by Crippen LogP contribution is 2.22. The van der Waals surface area contributed by atoms with Crippen molar-refractivity contribution in [2.75, 3.05) is 29.6 Å². The van der Waals surface area contributed by atoms with E-state index in [4.69, 9.17) is 4.74 Å². The van der Waals surface area contributed by atoms with E-state index in [0.29, 0.717) is 5.69 Å². The van der Waals surface area contributed by atoms with Gasteiger partial charge in [-0.25, -0.2) is 13.2 Å². The van der Waals surface area contributed by atoms with Crippen LogP contribution >= 0.6 is 0 Å². The van der Waals surface area contributed by atoms with Gasteiger partial charge in [0.2, 0.25) is 0 Å². The Morgan fingerprint density at radius 2 is 1.63 bits per heavy atom. The van der Waals surface area contributed by atoms with Gasteiger partial charge in [0.05, 0.1) is 10.5 Å². The van der Waals surface area contributed by atoms with E-state index in [2.05, 4.69) is 10.2 Å². The Balaban J connectivity index is 1.62. The van der Waals surface area contributed by atoms with E-state index in [1.165, 1.54) is 44.4 Å². The first-order valence-electron chi connectivity index (χ1n) is 9.91. The number of sulfone groups is 1. The van der Waals surface area contributed by atoms with Gasteiger partial charge in [0.1, 0.15) is 0 Å². The molecule has 2 aromatic rings. The molecule has 1 N–H and O–H groups in total. The third-order valence-electron chi connectivity index (χ3n) is 5.02. The summed E-state index contributed by atoms with van der Waals surface area (Å²) in [6.45, 7) is 3.51. The molecule has 7 nitrogen and oxygen atoms in total. The van der Waals surface area contributed by atoms with Crippen LogP contribution in [0.2, 0.25) is 0 Å². The van der Waals surface area contributed by atoms with Crippen LogP contribution in [0.3, 0.4) is 0 Å². The Hall–Kier alpha value is -2.87. The fourth-order valence-corrected chi connectivity index (χ4v) is 4.26. The molecule has 30 heavy (non-hydrogen) atoms. The number of anilines is 2. The average molecular weight is 431 g/mol. The summed E-state index contributed by atoms with van der Waals surface area (Å²) in [5, 5.41) is 2.72. The molecule has 1 aliphatic heterocycles. The second kappa shape index (κ2) is 9.30. The van der Waals surface area contributed by atoms with Crippen LogP contribution in [0.25, 0.3) is 0 Å². The molecule has 1 saturated heterocycles. The van der Waals surface area contributed by atoms with Gasteiger partial charge in [-0.1, -0.05) is 12.1 Å².